The molecule has 1 heteroatoms. The van der Waals surface area contributed by atoms with Crippen LogP contribution in [0, 0.1) is 5.92 Å². The molecule has 2 atom stereocenters. The van der Waals surface area contributed by atoms with Crippen LogP contribution in [0.25, 0.3) is 0 Å². The third kappa shape index (κ3) is 2.67. The summed E-state index contributed by atoms with van der Waals surface area (Å²) in [5, 5.41) is 9.28. The number of benzene rings is 1. The van der Waals surface area contributed by atoms with Crippen molar-refractivity contribution in [2.75, 3.05) is 0 Å². The molecule has 0 saturated heterocycles. The minimum atomic E-state index is -0.217. The van der Waals surface area contributed by atoms with Crippen LogP contribution in [0.3, 0.4) is 0 Å². The van der Waals surface area contributed by atoms with Gasteiger partial charge >= 0.3 is 0 Å². The number of aliphatic hydroxyl groups excluding tert-OH is 1. The fourth-order valence-corrected chi connectivity index (χ4v) is 1.16. The van der Waals surface area contributed by atoms with Crippen LogP contribution in [0.15, 0.2) is 30.3 Å². The molecule has 1 unspecified atom stereocenters. The van der Waals surface area contributed by atoms with Gasteiger partial charge in [0.15, 0.2) is 0 Å². The quantitative estimate of drug-likeness (QED) is 0.726. The Morgan fingerprint density at radius 3 is 2.25 bits per heavy atom. The number of rotatable bonds is 3. The van der Waals surface area contributed by atoms with Gasteiger partial charge in [-0.05, 0) is 24.8 Å². The molecule has 0 saturated carbocycles. The Morgan fingerprint density at radius 1 is 1.17 bits per heavy atom. The van der Waals surface area contributed by atoms with Crippen LogP contribution in [0.5, 0.6) is 0 Å². The minimum absolute atomic E-state index is 0.217. The Hall–Kier alpha value is -0.820. The van der Waals surface area contributed by atoms with Gasteiger partial charge in [0.25, 0.3) is 0 Å². The van der Waals surface area contributed by atoms with Gasteiger partial charge in [-0.3, -0.25) is 0 Å². The smallest absolute Gasteiger partial charge is 0.0540 e. The van der Waals surface area contributed by atoms with Gasteiger partial charge in [0.2, 0.25) is 0 Å². The molecule has 0 aliphatic carbocycles. The lowest BCUT2D eigenvalue weighted by molar-refractivity contribution is 0.135. The first-order valence-corrected chi connectivity index (χ1v) is 4.42. The average molecular weight is 164 g/mol. The van der Waals surface area contributed by atoms with Crippen molar-refractivity contribution in [1.29, 1.82) is 0 Å². The number of aliphatic hydroxyl groups is 1. The summed E-state index contributed by atoms with van der Waals surface area (Å²) in [5.41, 5.74) is 1.30. The molecule has 66 valence electrons. The topological polar surface area (TPSA) is 20.2 Å². The zero-order chi connectivity index (χ0) is 8.97. The fourth-order valence-electron chi connectivity index (χ4n) is 1.16. The summed E-state index contributed by atoms with van der Waals surface area (Å²) < 4.78 is 0. The molecule has 0 amide bonds. The summed E-state index contributed by atoms with van der Waals surface area (Å²) >= 11 is 0. The summed E-state index contributed by atoms with van der Waals surface area (Å²) in [5.74, 6) is 0.340. The van der Waals surface area contributed by atoms with Crippen molar-refractivity contribution in [2.24, 2.45) is 5.92 Å². The predicted molar refractivity (Wildman–Crippen MR) is 51.0 cm³/mol. The van der Waals surface area contributed by atoms with Gasteiger partial charge in [-0.15, -0.1) is 0 Å². The van der Waals surface area contributed by atoms with Gasteiger partial charge in [0.1, 0.15) is 0 Å². The first kappa shape index (κ1) is 9.27. The van der Waals surface area contributed by atoms with Crippen molar-refractivity contribution in [3.05, 3.63) is 35.9 Å². The lowest BCUT2D eigenvalue weighted by Crippen LogP contribution is -2.15. The van der Waals surface area contributed by atoms with Crippen LogP contribution in [0.4, 0.5) is 0 Å². The van der Waals surface area contributed by atoms with E-state index in [0.717, 1.165) is 6.42 Å². The molecule has 0 aliphatic heterocycles. The Balaban J connectivity index is 2.53. The molecule has 0 aromatic heterocycles. The lowest BCUT2D eigenvalue weighted by atomic mass is 9.97. The summed E-state index contributed by atoms with van der Waals surface area (Å²) in [7, 11) is 0. The van der Waals surface area contributed by atoms with Crippen molar-refractivity contribution in [3.63, 3.8) is 0 Å². The zero-order valence-corrected chi connectivity index (χ0v) is 7.70. The molecule has 1 aromatic carbocycles. The number of hydrogen-bond acceptors (Lipinski definition) is 1. The van der Waals surface area contributed by atoms with Crippen molar-refractivity contribution in [3.8, 4) is 0 Å². The summed E-state index contributed by atoms with van der Waals surface area (Å²) in [4.78, 5) is 0. The predicted octanol–water partition coefficient (Wildman–Crippen LogP) is 2.25. The Morgan fingerprint density at radius 2 is 1.75 bits per heavy atom. The molecule has 0 radical (unpaired) electrons. The van der Waals surface area contributed by atoms with Crippen LogP contribution in [0.1, 0.15) is 19.4 Å². The largest absolute Gasteiger partial charge is 0.393 e. The second kappa shape index (κ2) is 4.27. The molecule has 0 heterocycles. The van der Waals surface area contributed by atoms with Crippen LogP contribution in [-0.2, 0) is 6.42 Å². The molecular formula is C11H16O. The van der Waals surface area contributed by atoms with Crippen molar-refractivity contribution in [1.82, 2.24) is 0 Å². The number of hydrogen-bond donors (Lipinski definition) is 1. The molecule has 0 aliphatic rings. The monoisotopic (exact) mass is 164 g/mol. The van der Waals surface area contributed by atoms with Gasteiger partial charge in [0.05, 0.1) is 6.10 Å². The van der Waals surface area contributed by atoms with E-state index >= 15 is 0 Å². The zero-order valence-electron chi connectivity index (χ0n) is 7.70. The minimum Gasteiger partial charge on any atom is -0.393 e. The van der Waals surface area contributed by atoms with Gasteiger partial charge in [-0.25, -0.2) is 0 Å². The average Bonchev–Trinajstić information content (AvgIpc) is 2.06. The Kier molecular flexibility index (Phi) is 3.30. The standard InChI is InChI=1S/C11H16O/c1-9(10(2)12)8-11-6-4-3-5-7-11/h3-7,9-10,12H,8H2,1-2H3/t9-,10?/m1/s1. The van der Waals surface area contributed by atoms with Gasteiger partial charge in [0, 0.05) is 0 Å². The maximum atomic E-state index is 9.28. The highest BCUT2D eigenvalue weighted by molar-refractivity contribution is 5.15. The maximum Gasteiger partial charge on any atom is 0.0540 e. The first-order valence-electron chi connectivity index (χ1n) is 4.42. The summed E-state index contributed by atoms with van der Waals surface area (Å²) in [6, 6.07) is 10.3. The Bertz CT molecular complexity index is 216. The van der Waals surface area contributed by atoms with Crippen molar-refractivity contribution < 1.29 is 5.11 Å². The van der Waals surface area contributed by atoms with Crippen molar-refractivity contribution >= 4 is 0 Å². The highest BCUT2D eigenvalue weighted by Gasteiger charge is 2.08. The second-order valence-corrected chi connectivity index (χ2v) is 3.41. The van der Waals surface area contributed by atoms with E-state index in [2.05, 4.69) is 19.1 Å². The lowest BCUT2D eigenvalue weighted by Gasteiger charge is -2.13. The molecule has 1 nitrogen and oxygen atoms in total. The fraction of sp³-hybridized carbons (Fsp3) is 0.455. The Labute approximate surface area is 74.1 Å². The molecular weight excluding hydrogens is 148 g/mol. The molecule has 1 N–H and O–H groups in total. The van der Waals surface area contributed by atoms with Crippen molar-refractivity contribution in [2.45, 2.75) is 26.4 Å². The van der Waals surface area contributed by atoms with Crippen LogP contribution >= 0.6 is 0 Å². The summed E-state index contributed by atoms with van der Waals surface area (Å²) in [6.07, 6.45) is 0.739. The van der Waals surface area contributed by atoms with Gasteiger partial charge < -0.3 is 5.11 Å². The molecule has 1 aromatic rings. The van der Waals surface area contributed by atoms with E-state index < -0.39 is 0 Å². The molecule has 0 bridgehead atoms. The van der Waals surface area contributed by atoms with Gasteiger partial charge in [-0.1, -0.05) is 37.3 Å². The molecule has 0 fully saturated rings. The van der Waals surface area contributed by atoms with E-state index in [1.165, 1.54) is 5.56 Å². The van der Waals surface area contributed by atoms with E-state index in [9.17, 15) is 5.11 Å². The molecule has 1 rings (SSSR count). The van der Waals surface area contributed by atoms with Crippen LogP contribution in [0.2, 0.25) is 0 Å². The third-order valence-corrected chi connectivity index (χ3v) is 2.22. The van der Waals surface area contributed by atoms with E-state index in [4.69, 9.17) is 0 Å². The normalized spacial score (nSPS) is 15.6. The van der Waals surface area contributed by atoms with Crippen LogP contribution < -0.4 is 0 Å². The van der Waals surface area contributed by atoms with E-state index in [0.29, 0.717) is 5.92 Å². The highest BCUT2D eigenvalue weighted by Crippen LogP contribution is 2.11. The summed E-state index contributed by atoms with van der Waals surface area (Å²) in [6.45, 7) is 3.91. The SMILES string of the molecule is CC(O)[C@H](C)Cc1ccccc1. The van der Waals surface area contributed by atoms with E-state index in [1.54, 1.807) is 0 Å². The second-order valence-electron chi connectivity index (χ2n) is 3.41. The maximum absolute atomic E-state index is 9.28. The highest BCUT2D eigenvalue weighted by atomic mass is 16.3. The molecule has 0 spiro atoms. The van der Waals surface area contributed by atoms with Gasteiger partial charge in [-0.2, -0.15) is 0 Å². The van der Waals surface area contributed by atoms with E-state index in [1.807, 2.05) is 25.1 Å². The first-order chi connectivity index (χ1) is 5.70. The van der Waals surface area contributed by atoms with Crippen LogP contribution in [-0.4, -0.2) is 11.2 Å². The van der Waals surface area contributed by atoms with E-state index in [-0.39, 0.29) is 6.10 Å². The molecule has 12 heavy (non-hydrogen) atoms. The third-order valence-electron chi connectivity index (χ3n) is 2.22.